The van der Waals surface area contributed by atoms with E-state index in [1.807, 2.05) is 0 Å². The molecule has 2 heteroatoms. The molecule has 1 atom stereocenters. The molecule has 0 spiro atoms. The van der Waals surface area contributed by atoms with Gasteiger partial charge in [-0.15, -0.1) is 0 Å². The number of hydrogen-bond acceptors (Lipinski definition) is 2. The zero-order valence-electron chi connectivity index (χ0n) is 10.9. The topological polar surface area (TPSA) is 15.3 Å². The van der Waals surface area contributed by atoms with Gasteiger partial charge in [-0.25, -0.2) is 0 Å². The van der Waals surface area contributed by atoms with Gasteiger partial charge in [0.25, 0.3) is 0 Å². The number of hydrogen-bond donors (Lipinski definition) is 1. The lowest BCUT2D eigenvalue weighted by atomic mass is 10.0. The van der Waals surface area contributed by atoms with Crippen LogP contribution in [0.5, 0.6) is 0 Å². The summed E-state index contributed by atoms with van der Waals surface area (Å²) in [4.78, 5) is 2.45. The molecule has 0 aromatic carbocycles. The van der Waals surface area contributed by atoms with Crippen LogP contribution in [0, 0.1) is 0 Å². The van der Waals surface area contributed by atoms with E-state index in [-0.39, 0.29) is 5.54 Å². The Bertz CT molecular complexity index is 143. The van der Waals surface area contributed by atoms with Gasteiger partial charge in [-0.3, -0.25) is 0 Å². The smallest absolute Gasteiger partial charge is 0.0252 e. The van der Waals surface area contributed by atoms with Crippen LogP contribution in [0.25, 0.3) is 0 Å². The quantitative estimate of drug-likeness (QED) is 0.679. The lowest BCUT2D eigenvalue weighted by Crippen LogP contribution is -2.50. The minimum atomic E-state index is 0.228. The Morgan fingerprint density at radius 3 is 2.29 bits per heavy atom. The highest BCUT2D eigenvalue weighted by molar-refractivity contribution is 4.81. The van der Waals surface area contributed by atoms with Crippen molar-refractivity contribution in [2.75, 3.05) is 20.1 Å². The van der Waals surface area contributed by atoms with Crippen LogP contribution < -0.4 is 5.32 Å². The van der Waals surface area contributed by atoms with E-state index in [1.165, 1.54) is 12.8 Å². The maximum atomic E-state index is 3.51. The lowest BCUT2D eigenvalue weighted by molar-refractivity contribution is 0.184. The number of nitrogens with one attached hydrogen (secondary N) is 1. The average Bonchev–Trinajstić information content (AvgIpc) is 2.03. The third-order valence-electron chi connectivity index (χ3n) is 2.76. The predicted molar refractivity (Wildman–Crippen MR) is 64.8 cm³/mol. The van der Waals surface area contributed by atoms with E-state index in [4.69, 9.17) is 0 Å². The molecule has 0 aromatic heterocycles. The van der Waals surface area contributed by atoms with Crippen molar-refractivity contribution in [3.63, 3.8) is 0 Å². The average molecular weight is 200 g/mol. The third kappa shape index (κ3) is 5.61. The van der Waals surface area contributed by atoms with E-state index < -0.39 is 0 Å². The Labute approximate surface area is 90.1 Å². The van der Waals surface area contributed by atoms with Crippen LogP contribution in [0.3, 0.4) is 0 Å². The summed E-state index contributed by atoms with van der Waals surface area (Å²) >= 11 is 0. The normalized spacial score (nSPS) is 14.8. The van der Waals surface area contributed by atoms with Gasteiger partial charge in [0.1, 0.15) is 0 Å². The van der Waals surface area contributed by atoms with E-state index in [0.717, 1.165) is 13.1 Å². The summed E-state index contributed by atoms with van der Waals surface area (Å²) in [6.45, 7) is 13.4. The molecular formula is C12H28N2. The Balaban J connectivity index is 3.96. The molecule has 1 unspecified atom stereocenters. The summed E-state index contributed by atoms with van der Waals surface area (Å²) in [5, 5.41) is 3.51. The second-order valence-electron chi connectivity index (χ2n) is 4.97. The zero-order chi connectivity index (χ0) is 11.2. The van der Waals surface area contributed by atoms with Crippen molar-refractivity contribution in [1.82, 2.24) is 10.2 Å². The van der Waals surface area contributed by atoms with Crippen molar-refractivity contribution in [1.29, 1.82) is 0 Å². The standard InChI is InChI=1S/C12H28N2/c1-7-9-11(3)14(6)10-12(4,5)13-8-2/h11,13H,7-10H2,1-6H3. The summed E-state index contributed by atoms with van der Waals surface area (Å²) < 4.78 is 0. The SMILES string of the molecule is CCCC(C)N(C)CC(C)(C)NCC. The van der Waals surface area contributed by atoms with Crippen molar-refractivity contribution >= 4 is 0 Å². The zero-order valence-corrected chi connectivity index (χ0v) is 10.9. The molecule has 86 valence electrons. The first-order valence-electron chi connectivity index (χ1n) is 5.88. The van der Waals surface area contributed by atoms with Crippen LogP contribution in [-0.4, -0.2) is 36.6 Å². The molecule has 0 amide bonds. The molecule has 0 aliphatic rings. The molecule has 2 nitrogen and oxygen atoms in total. The van der Waals surface area contributed by atoms with Crippen molar-refractivity contribution in [3.05, 3.63) is 0 Å². The largest absolute Gasteiger partial charge is 0.311 e. The minimum Gasteiger partial charge on any atom is -0.311 e. The number of rotatable bonds is 7. The summed E-state index contributed by atoms with van der Waals surface area (Å²) in [5.41, 5.74) is 0.228. The molecule has 0 saturated heterocycles. The summed E-state index contributed by atoms with van der Waals surface area (Å²) in [5.74, 6) is 0. The highest BCUT2D eigenvalue weighted by Gasteiger charge is 2.20. The van der Waals surface area contributed by atoms with Crippen molar-refractivity contribution in [2.24, 2.45) is 0 Å². The Hall–Kier alpha value is -0.0800. The molecule has 0 aromatic rings. The highest BCUT2D eigenvalue weighted by atomic mass is 15.2. The van der Waals surface area contributed by atoms with Gasteiger partial charge in [0.15, 0.2) is 0 Å². The minimum absolute atomic E-state index is 0.228. The maximum absolute atomic E-state index is 3.51. The van der Waals surface area contributed by atoms with Gasteiger partial charge in [0.2, 0.25) is 0 Å². The fraction of sp³-hybridized carbons (Fsp3) is 1.00. The summed E-state index contributed by atoms with van der Waals surface area (Å²) in [6.07, 6.45) is 2.56. The van der Waals surface area contributed by atoms with E-state index in [1.54, 1.807) is 0 Å². The van der Waals surface area contributed by atoms with Gasteiger partial charge in [0.05, 0.1) is 0 Å². The molecular weight excluding hydrogens is 172 g/mol. The third-order valence-corrected chi connectivity index (χ3v) is 2.76. The second-order valence-corrected chi connectivity index (χ2v) is 4.97. The van der Waals surface area contributed by atoms with E-state index in [0.29, 0.717) is 6.04 Å². The van der Waals surface area contributed by atoms with E-state index >= 15 is 0 Å². The molecule has 0 aliphatic carbocycles. The molecule has 0 rings (SSSR count). The van der Waals surface area contributed by atoms with Crippen molar-refractivity contribution in [2.45, 2.75) is 59.0 Å². The lowest BCUT2D eigenvalue weighted by Gasteiger charge is -2.34. The van der Waals surface area contributed by atoms with Crippen LogP contribution in [0.4, 0.5) is 0 Å². The summed E-state index contributed by atoms with van der Waals surface area (Å²) in [6, 6.07) is 0.693. The van der Waals surface area contributed by atoms with E-state index in [9.17, 15) is 0 Å². The van der Waals surface area contributed by atoms with Crippen LogP contribution in [-0.2, 0) is 0 Å². The van der Waals surface area contributed by atoms with Crippen molar-refractivity contribution < 1.29 is 0 Å². The van der Waals surface area contributed by atoms with Crippen LogP contribution in [0.2, 0.25) is 0 Å². The first-order valence-corrected chi connectivity index (χ1v) is 5.88. The molecule has 0 aliphatic heterocycles. The van der Waals surface area contributed by atoms with Gasteiger partial charge in [0, 0.05) is 18.1 Å². The molecule has 0 fully saturated rings. The Kier molecular flexibility index (Phi) is 6.38. The first-order chi connectivity index (χ1) is 6.43. The Morgan fingerprint density at radius 2 is 1.86 bits per heavy atom. The maximum Gasteiger partial charge on any atom is 0.0252 e. The van der Waals surface area contributed by atoms with Gasteiger partial charge < -0.3 is 10.2 Å². The van der Waals surface area contributed by atoms with Crippen LogP contribution >= 0.6 is 0 Å². The molecule has 1 N–H and O–H groups in total. The van der Waals surface area contributed by atoms with Gasteiger partial charge in [-0.05, 0) is 40.8 Å². The molecule has 0 heterocycles. The molecule has 0 radical (unpaired) electrons. The number of likely N-dealkylation sites (N-methyl/N-ethyl adjacent to an activating group) is 2. The number of nitrogens with zero attached hydrogens (tertiary/aromatic N) is 1. The van der Waals surface area contributed by atoms with Gasteiger partial charge in [-0.2, -0.15) is 0 Å². The van der Waals surface area contributed by atoms with E-state index in [2.05, 4.69) is 51.9 Å². The van der Waals surface area contributed by atoms with Crippen molar-refractivity contribution in [3.8, 4) is 0 Å². The van der Waals surface area contributed by atoms with Crippen LogP contribution in [0.1, 0.15) is 47.5 Å². The first kappa shape index (κ1) is 13.9. The monoisotopic (exact) mass is 200 g/mol. The predicted octanol–water partition coefficient (Wildman–Crippen LogP) is 2.49. The summed E-state index contributed by atoms with van der Waals surface area (Å²) in [7, 11) is 2.22. The van der Waals surface area contributed by atoms with Crippen LogP contribution in [0.15, 0.2) is 0 Å². The van der Waals surface area contributed by atoms with Gasteiger partial charge in [-0.1, -0.05) is 20.3 Å². The molecule has 0 saturated carbocycles. The molecule has 14 heavy (non-hydrogen) atoms. The fourth-order valence-corrected chi connectivity index (χ4v) is 1.95. The second kappa shape index (κ2) is 6.41. The molecule has 0 bridgehead atoms. The highest BCUT2D eigenvalue weighted by Crippen LogP contribution is 2.10. The van der Waals surface area contributed by atoms with Gasteiger partial charge >= 0.3 is 0 Å². The fourth-order valence-electron chi connectivity index (χ4n) is 1.95. The Morgan fingerprint density at radius 1 is 1.29 bits per heavy atom.